The number of likely N-dealkylation sites (N-methyl/N-ethyl adjacent to an activating group) is 1. The fourth-order valence-electron chi connectivity index (χ4n) is 3.70. The van der Waals surface area contributed by atoms with Crippen LogP contribution in [0.3, 0.4) is 0 Å². The van der Waals surface area contributed by atoms with E-state index in [1.165, 1.54) is 11.8 Å². The number of esters is 1. The molecule has 1 N–H and O–H groups in total. The van der Waals surface area contributed by atoms with Crippen molar-refractivity contribution in [1.82, 2.24) is 10.2 Å². The lowest BCUT2D eigenvalue weighted by Crippen LogP contribution is -2.48. The van der Waals surface area contributed by atoms with Gasteiger partial charge in [0.15, 0.2) is 5.78 Å². The number of Topliss-reactive ketones (excluding diaryl/α,β-unsaturated/α-hetero) is 1. The number of ketones is 1. The Labute approximate surface area is 188 Å². The molecule has 1 atom stereocenters. The van der Waals surface area contributed by atoms with Crippen molar-refractivity contribution in [3.05, 3.63) is 76.0 Å². The highest BCUT2D eigenvalue weighted by Gasteiger charge is 2.37. The molecule has 2 aromatic rings. The molecule has 0 bridgehead atoms. The molecule has 0 saturated carbocycles. The number of carbonyl (C=O) groups excluding carboxylic acids is 3. The van der Waals surface area contributed by atoms with Gasteiger partial charge < -0.3 is 14.8 Å². The van der Waals surface area contributed by atoms with Crippen LogP contribution in [0.15, 0.2) is 53.7 Å². The molecule has 0 saturated heterocycles. The second kappa shape index (κ2) is 9.68. The largest absolute Gasteiger partial charge is 0.487 e. The number of hydrogen-bond acceptors (Lipinski definition) is 5. The molecular weight excluding hydrogens is 408 g/mol. The van der Waals surface area contributed by atoms with Gasteiger partial charge in [-0.15, -0.1) is 0 Å². The number of urea groups is 1. The zero-order chi connectivity index (χ0) is 23.4. The lowest BCUT2D eigenvalue weighted by atomic mass is 9.91. The summed E-state index contributed by atoms with van der Waals surface area (Å²) < 4.78 is 11.2. The summed E-state index contributed by atoms with van der Waals surface area (Å²) in [4.78, 5) is 38.6. The van der Waals surface area contributed by atoms with Crippen molar-refractivity contribution in [3.8, 4) is 5.75 Å². The highest BCUT2D eigenvalue weighted by Crippen LogP contribution is 2.33. The van der Waals surface area contributed by atoms with Crippen molar-refractivity contribution < 1.29 is 23.9 Å². The van der Waals surface area contributed by atoms with Crippen molar-refractivity contribution in [3.63, 3.8) is 0 Å². The number of amides is 2. The van der Waals surface area contributed by atoms with Crippen LogP contribution in [0.2, 0.25) is 0 Å². The number of hydrogen-bond donors (Lipinski definition) is 1. The molecular formula is C25H28N2O5. The van der Waals surface area contributed by atoms with E-state index in [1.54, 1.807) is 38.2 Å². The smallest absolute Gasteiger partial charge is 0.338 e. The summed E-state index contributed by atoms with van der Waals surface area (Å²) in [6.07, 6.45) is 0. The Morgan fingerprint density at radius 3 is 2.38 bits per heavy atom. The van der Waals surface area contributed by atoms with Crippen LogP contribution in [0.25, 0.3) is 0 Å². The van der Waals surface area contributed by atoms with Gasteiger partial charge in [-0.1, -0.05) is 23.8 Å². The van der Waals surface area contributed by atoms with E-state index >= 15 is 0 Å². The Bertz CT molecular complexity index is 1070. The first-order chi connectivity index (χ1) is 15.2. The first-order valence-corrected chi connectivity index (χ1v) is 10.5. The topological polar surface area (TPSA) is 84.9 Å². The monoisotopic (exact) mass is 436 g/mol. The van der Waals surface area contributed by atoms with Gasteiger partial charge in [0.05, 0.1) is 23.9 Å². The number of carbonyl (C=O) groups is 3. The Morgan fingerprint density at radius 2 is 1.78 bits per heavy atom. The van der Waals surface area contributed by atoms with Crippen LogP contribution in [0.5, 0.6) is 5.75 Å². The van der Waals surface area contributed by atoms with Gasteiger partial charge in [-0.2, -0.15) is 0 Å². The average molecular weight is 437 g/mol. The predicted molar refractivity (Wildman–Crippen MR) is 121 cm³/mol. The van der Waals surface area contributed by atoms with Crippen molar-refractivity contribution in [2.45, 2.75) is 33.7 Å². The fraction of sp³-hybridized carbons (Fsp3) is 0.320. The van der Waals surface area contributed by atoms with Gasteiger partial charge in [-0.3, -0.25) is 9.69 Å². The van der Waals surface area contributed by atoms with Crippen LogP contribution in [0.4, 0.5) is 4.79 Å². The summed E-state index contributed by atoms with van der Waals surface area (Å²) in [5.74, 6) is -0.0214. The Morgan fingerprint density at radius 1 is 1.09 bits per heavy atom. The number of benzene rings is 2. The molecule has 7 heteroatoms. The zero-order valence-electron chi connectivity index (χ0n) is 19.0. The van der Waals surface area contributed by atoms with Crippen molar-refractivity contribution in [2.24, 2.45) is 0 Å². The minimum absolute atomic E-state index is 0.0150. The predicted octanol–water partition coefficient (Wildman–Crippen LogP) is 4.10. The van der Waals surface area contributed by atoms with Crippen LogP contribution in [-0.4, -0.2) is 42.9 Å². The molecule has 0 spiro atoms. The maximum atomic E-state index is 13.0. The lowest BCUT2D eigenvalue weighted by Gasteiger charge is -2.35. The number of aryl methyl sites for hydroxylation is 2. The van der Waals surface area contributed by atoms with Crippen molar-refractivity contribution >= 4 is 17.8 Å². The summed E-state index contributed by atoms with van der Waals surface area (Å²) in [5, 5.41) is 2.92. The van der Waals surface area contributed by atoms with E-state index < -0.39 is 12.0 Å². The maximum absolute atomic E-state index is 13.0. The Balaban J connectivity index is 2.02. The zero-order valence-corrected chi connectivity index (χ0v) is 19.0. The first kappa shape index (κ1) is 23.1. The number of nitrogens with one attached hydrogen (secondary N) is 1. The SMILES string of the molecule is CCOC(=O)C1=C(COc2ccc(C(C)=O)cc2)N(C)C(=O)NC1c1ccc(C)cc1C. The molecule has 2 aromatic carbocycles. The first-order valence-electron chi connectivity index (χ1n) is 10.5. The molecule has 32 heavy (non-hydrogen) atoms. The Kier molecular flexibility index (Phi) is 6.98. The molecule has 1 unspecified atom stereocenters. The van der Waals surface area contributed by atoms with Crippen LogP contribution in [0, 0.1) is 13.8 Å². The minimum atomic E-state index is -0.656. The summed E-state index contributed by atoms with van der Waals surface area (Å²) in [7, 11) is 1.59. The second-order valence-corrected chi connectivity index (χ2v) is 7.75. The third-order valence-electron chi connectivity index (χ3n) is 5.44. The third-order valence-corrected chi connectivity index (χ3v) is 5.44. The number of ether oxygens (including phenoxy) is 2. The fourth-order valence-corrected chi connectivity index (χ4v) is 3.70. The highest BCUT2D eigenvalue weighted by molar-refractivity contribution is 5.95. The molecule has 0 aromatic heterocycles. The van der Waals surface area contributed by atoms with Crippen molar-refractivity contribution in [1.29, 1.82) is 0 Å². The molecule has 7 nitrogen and oxygen atoms in total. The molecule has 0 radical (unpaired) electrons. The lowest BCUT2D eigenvalue weighted by molar-refractivity contribution is -0.139. The Hall–Kier alpha value is -3.61. The number of nitrogens with zero attached hydrogens (tertiary/aromatic N) is 1. The quantitative estimate of drug-likeness (QED) is 0.522. The van der Waals surface area contributed by atoms with Crippen LogP contribution >= 0.6 is 0 Å². The van der Waals surface area contributed by atoms with Crippen LogP contribution < -0.4 is 10.1 Å². The van der Waals surface area contributed by atoms with Crippen molar-refractivity contribution in [2.75, 3.05) is 20.3 Å². The molecule has 1 heterocycles. The van der Waals surface area contributed by atoms with Crippen LogP contribution in [-0.2, 0) is 9.53 Å². The molecule has 1 aliphatic rings. The summed E-state index contributed by atoms with van der Waals surface area (Å²) in [6.45, 7) is 7.36. The summed E-state index contributed by atoms with van der Waals surface area (Å²) >= 11 is 0. The molecule has 1 aliphatic heterocycles. The van der Waals surface area contributed by atoms with Gasteiger partial charge >= 0.3 is 12.0 Å². The minimum Gasteiger partial charge on any atom is -0.487 e. The molecule has 3 rings (SSSR count). The summed E-state index contributed by atoms with van der Waals surface area (Å²) in [6, 6.07) is 11.6. The molecule has 2 amide bonds. The second-order valence-electron chi connectivity index (χ2n) is 7.75. The molecule has 0 fully saturated rings. The van der Waals surface area contributed by atoms with Gasteiger partial charge in [0.1, 0.15) is 12.4 Å². The molecule has 168 valence electrons. The van der Waals surface area contributed by atoms with Gasteiger partial charge in [-0.25, -0.2) is 9.59 Å². The average Bonchev–Trinajstić information content (AvgIpc) is 2.75. The van der Waals surface area contributed by atoms with E-state index in [9.17, 15) is 14.4 Å². The van der Waals surface area contributed by atoms with Gasteiger partial charge in [0, 0.05) is 12.6 Å². The summed E-state index contributed by atoms with van der Waals surface area (Å²) in [5.41, 5.74) is 4.21. The van der Waals surface area contributed by atoms with E-state index in [0.29, 0.717) is 22.6 Å². The van der Waals surface area contributed by atoms with Crippen LogP contribution in [0.1, 0.15) is 46.9 Å². The van der Waals surface area contributed by atoms with E-state index in [-0.39, 0.29) is 25.0 Å². The van der Waals surface area contributed by atoms with E-state index in [1.807, 2.05) is 32.0 Å². The van der Waals surface area contributed by atoms with E-state index in [0.717, 1.165) is 16.7 Å². The maximum Gasteiger partial charge on any atom is 0.338 e. The number of rotatable bonds is 7. The standard InChI is InChI=1S/C25H28N2O5/c1-6-31-24(29)22-21(14-32-19-10-8-18(9-11-19)17(4)28)27(5)25(30)26-23(22)20-12-7-15(2)13-16(20)3/h7-13,23H,6,14H2,1-5H3,(H,26,30). The van der Waals surface area contributed by atoms with Gasteiger partial charge in [0.2, 0.25) is 0 Å². The van der Waals surface area contributed by atoms with Gasteiger partial charge in [0.25, 0.3) is 0 Å². The van der Waals surface area contributed by atoms with Gasteiger partial charge in [-0.05, 0) is 63.1 Å². The van der Waals surface area contributed by atoms with E-state index in [2.05, 4.69) is 5.32 Å². The third kappa shape index (κ3) is 4.82. The van der Waals surface area contributed by atoms with E-state index in [4.69, 9.17) is 9.47 Å². The normalized spacial score (nSPS) is 16.0. The molecule has 0 aliphatic carbocycles. The highest BCUT2D eigenvalue weighted by atomic mass is 16.5.